The van der Waals surface area contributed by atoms with Crippen LogP contribution in [0.2, 0.25) is 0 Å². The van der Waals surface area contributed by atoms with Crippen molar-refractivity contribution in [2.24, 2.45) is 0 Å². The first-order chi connectivity index (χ1) is 15.1. The molecule has 31 heavy (non-hydrogen) atoms. The summed E-state index contributed by atoms with van der Waals surface area (Å²) in [6.07, 6.45) is 0. The number of carbonyl (C=O) groups is 1. The van der Waals surface area contributed by atoms with E-state index in [1.807, 2.05) is 42.5 Å². The summed E-state index contributed by atoms with van der Waals surface area (Å²) < 4.78 is 11.7. The molecule has 3 aromatic carbocycles. The first-order valence-electron chi connectivity index (χ1n) is 9.38. The van der Waals surface area contributed by atoms with E-state index in [4.69, 9.17) is 21.7 Å². The molecule has 0 fully saturated rings. The number of hydrogen-bond donors (Lipinski definition) is 2. The number of nitrogens with zero attached hydrogens (tertiary/aromatic N) is 1. The lowest BCUT2D eigenvalue weighted by molar-refractivity contribution is 0.0971. The molecule has 0 unspecified atom stereocenters. The van der Waals surface area contributed by atoms with E-state index in [-0.39, 0.29) is 10.7 Å². The molecule has 0 aliphatic carbocycles. The minimum absolute atomic E-state index is 0.172. The molecule has 0 saturated carbocycles. The predicted octanol–water partition coefficient (Wildman–Crippen LogP) is 5.11. The zero-order valence-corrected chi connectivity index (χ0v) is 18.5. The fourth-order valence-electron chi connectivity index (χ4n) is 3.09. The fraction of sp³-hybridized carbons (Fsp3) is 0.0870. The molecule has 0 aliphatic rings. The van der Waals surface area contributed by atoms with Crippen LogP contribution >= 0.6 is 23.6 Å². The number of hydrogen-bond acceptors (Lipinski definition) is 6. The van der Waals surface area contributed by atoms with Gasteiger partial charge in [-0.3, -0.25) is 10.1 Å². The number of thiazole rings is 1. The van der Waals surface area contributed by atoms with Gasteiger partial charge in [0.05, 0.1) is 24.4 Å². The van der Waals surface area contributed by atoms with Crippen molar-refractivity contribution in [1.82, 2.24) is 10.3 Å². The molecular formula is C23H19N3O3S2. The maximum Gasteiger partial charge on any atom is 0.264 e. The zero-order valence-electron chi connectivity index (χ0n) is 16.8. The van der Waals surface area contributed by atoms with Crippen molar-refractivity contribution in [3.63, 3.8) is 0 Å². The van der Waals surface area contributed by atoms with Crippen LogP contribution in [0.15, 0.2) is 66.7 Å². The van der Waals surface area contributed by atoms with Gasteiger partial charge < -0.3 is 14.8 Å². The third-order valence-corrected chi connectivity index (χ3v) is 5.86. The van der Waals surface area contributed by atoms with Crippen LogP contribution in [0.4, 0.5) is 5.69 Å². The number of aromatic nitrogens is 1. The number of nitrogens with one attached hydrogen (secondary N) is 2. The maximum absolute atomic E-state index is 12.7. The lowest BCUT2D eigenvalue weighted by atomic mass is 10.1. The minimum atomic E-state index is -0.419. The Hall–Kier alpha value is -3.49. The Morgan fingerprint density at radius 3 is 2.26 bits per heavy atom. The van der Waals surface area contributed by atoms with Crippen LogP contribution in [0.5, 0.6) is 11.5 Å². The van der Waals surface area contributed by atoms with Crippen LogP contribution in [0.1, 0.15) is 10.4 Å². The lowest BCUT2D eigenvalue weighted by Crippen LogP contribution is -2.34. The van der Waals surface area contributed by atoms with Gasteiger partial charge in [-0.1, -0.05) is 18.2 Å². The van der Waals surface area contributed by atoms with Crippen molar-refractivity contribution in [1.29, 1.82) is 0 Å². The minimum Gasteiger partial charge on any atom is -0.496 e. The number of fused-ring (bicyclic) bond motifs is 1. The molecular weight excluding hydrogens is 430 g/mol. The average molecular weight is 450 g/mol. The Bertz CT molecular complexity index is 1200. The Morgan fingerprint density at radius 2 is 1.61 bits per heavy atom. The SMILES string of the molecule is COc1cccc(OC)c1C(=O)NC(=S)Nc1ccc(-c2nc3ccccc3s2)cc1. The second kappa shape index (κ2) is 9.11. The molecule has 0 aliphatic heterocycles. The average Bonchev–Trinajstić information content (AvgIpc) is 3.23. The van der Waals surface area contributed by atoms with Gasteiger partial charge in [-0.05, 0) is 60.7 Å². The van der Waals surface area contributed by atoms with Crippen LogP contribution in [0.25, 0.3) is 20.8 Å². The Kier molecular flexibility index (Phi) is 6.11. The summed E-state index contributed by atoms with van der Waals surface area (Å²) in [6, 6.07) is 20.9. The molecule has 8 heteroatoms. The van der Waals surface area contributed by atoms with E-state index < -0.39 is 5.91 Å². The van der Waals surface area contributed by atoms with Gasteiger partial charge >= 0.3 is 0 Å². The van der Waals surface area contributed by atoms with E-state index in [0.717, 1.165) is 26.5 Å². The third-order valence-electron chi connectivity index (χ3n) is 4.57. The number of methoxy groups -OCH3 is 2. The van der Waals surface area contributed by atoms with Gasteiger partial charge in [-0.25, -0.2) is 4.98 Å². The molecule has 6 nitrogen and oxygen atoms in total. The van der Waals surface area contributed by atoms with Gasteiger partial charge in [0.25, 0.3) is 5.91 Å². The van der Waals surface area contributed by atoms with Gasteiger partial charge in [-0.2, -0.15) is 0 Å². The van der Waals surface area contributed by atoms with Gasteiger partial charge in [0.2, 0.25) is 0 Å². The summed E-state index contributed by atoms with van der Waals surface area (Å²) in [5, 5.41) is 6.82. The smallest absolute Gasteiger partial charge is 0.264 e. The van der Waals surface area contributed by atoms with E-state index in [2.05, 4.69) is 21.7 Å². The molecule has 156 valence electrons. The Labute approximate surface area is 188 Å². The summed E-state index contributed by atoms with van der Waals surface area (Å²) >= 11 is 6.95. The first kappa shape index (κ1) is 20.8. The van der Waals surface area contributed by atoms with Crippen LogP contribution in [0.3, 0.4) is 0 Å². The van der Waals surface area contributed by atoms with Crippen molar-refractivity contribution < 1.29 is 14.3 Å². The number of anilines is 1. The highest BCUT2D eigenvalue weighted by molar-refractivity contribution is 7.80. The molecule has 1 heterocycles. The summed E-state index contributed by atoms with van der Waals surface area (Å²) in [5.41, 5.74) is 3.03. The Morgan fingerprint density at radius 1 is 0.935 bits per heavy atom. The molecule has 0 radical (unpaired) electrons. The number of para-hydroxylation sites is 1. The topological polar surface area (TPSA) is 72.5 Å². The zero-order chi connectivity index (χ0) is 21.8. The molecule has 4 aromatic rings. The quantitative estimate of drug-likeness (QED) is 0.413. The lowest BCUT2D eigenvalue weighted by Gasteiger charge is -2.14. The van der Waals surface area contributed by atoms with Crippen LogP contribution < -0.4 is 20.1 Å². The van der Waals surface area contributed by atoms with E-state index in [9.17, 15) is 4.79 Å². The molecule has 0 bridgehead atoms. The van der Waals surface area contributed by atoms with Gasteiger partial charge in [-0.15, -0.1) is 11.3 Å². The van der Waals surface area contributed by atoms with E-state index in [0.29, 0.717) is 11.5 Å². The molecule has 0 spiro atoms. The van der Waals surface area contributed by atoms with Crippen molar-refractivity contribution >= 4 is 50.5 Å². The fourth-order valence-corrected chi connectivity index (χ4v) is 4.28. The van der Waals surface area contributed by atoms with Gasteiger partial charge in [0.15, 0.2) is 5.11 Å². The van der Waals surface area contributed by atoms with E-state index in [1.165, 1.54) is 14.2 Å². The number of rotatable bonds is 5. The monoisotopic (exact) mass is 449 g/mol. The maximum atomic E-state index is 12.7. The number of thiocarbonyl (C=S) groups is 1. The standard InChI is InChI=1S/C23H19N3O3S2/c1-28-17-7-5-8-18(29-2)20(17)21(27)26-23(30)24-15-12-10-14(11-13-15)22-25-16-6-3-4-9-19(16)31-22/h3-13H,1-2H3,(H2,24,26,27,30). The third kappa shape index (κ3) is 4.50. The molecule has 0 atom stereocenters. The van der Waals surface area contributed by atoms with Crippen molar-refractivity contribution in [3.8, 4) is 22.1 Å². The largest absolute Gasteiger partial charge is 0.496 e. The van der Waals surface area contributed by atoms with Crippen LogP contribution in [-0.4, -0.2) is 30.2 Å². The number of carbonyl (C=O) groups excluding carboxylic acids is 1. The Balaban J connectivity index is 1.45. The molecule has 0 saturated heterocycles. The highest BCUT2D eigenvalue weighted by atomic mass is 32.1. The number of ether oxygens (including phenoxy) is 2. The highest BCUT2D eigenvalue weighted by Crippen LogP contribution is 2.31. The summed E-state index contributed by atoms with van der Waals surface area (Å²) in [4.78, 5) is 17.4. The molecule has 1 aromatic heterocycles. The molecule has 2 N–H and O–H groups in total. The second-order valence-corrected chi connectivity index (χ2v) is 7.95. The van der Waals surface area contributed by atoms with E-state index >= 15 is 0 Å². The summed E-state index contributed by atoms with van der Waals surface area (Å²) in [6.45, 7) is 0. The number of amides is 1. The predicted molar refractivity (Wildman–Crippen MR) is 128 cm³/mol. The van der Waals surface area contributed by atoms with Crippen LogP contribution in [0, 0.1) is 0 Å². The van der Waals surface area contributed by atoms with E-state index in [1.54, 1.807) is 29.5 Å². The van der Waals surface area contributed by atoms with Crippen molar-refractivity contribution in [2.45, 2.75) is 0 Å². The molecule has 4 rings (SSSR count). The van der Waals surface area contributed by atoms with Crippen molar-refractivity contribution in [2.75, 3.05) is 19.5 Å². The summed E-state index contributed by atoms with van der Waals surface area (Å²) in [7, 11) is 2.99. The highest BCUT2D eigenvalue weighted by Gasteiger charge is 2.19. The van der Waals surface area contributed by atoms with Gasteiger partial charge in [0, 0.05) is 11.3 Å². The normalized spacial score (nSPS) is 10.5. The second-order valence-electron chi connectivity index (χ2n) is 6.51. The van der Waals surface area contributed by atoms with Crippen molar-refractivity contribution in [3.05, 3.63) is 72.3 Å². The van der Waals surface area contributed by atoms with Crippen LogP contribution in [-0.2, 0) is 0 Å². The number of benzene rings is 3. The summed E-state index contributed by atoms with van der Waals surface area (Å²) in [5.74, 6) is 0.387. The molecule has 1 amide bonds. The first-order valence-corrected chi connectivity index (χ1v) is 10.6. The van der Waals surface area contributed by atoms with Gasteiger partial charge in [0.1, 0.15) is 22.1 Å².